The molecule has 0 aliphatic heterocycles. The summed E-state index contributed by atoms with van der Waals surface area (Å²) in [4.78, 5) is 4.77. The number of oxazole rings is 1. The number of benzene rings is 2. The third-order valence-corrected chi connectivity index (χ3v) is 6.01. The quantitative estimate of drug-likeness (QED) is 0.316. The zero-order valence-electron chi connectivity index (χ0n) is 22.7. The first kappa shape index (κ1) is 26.8. The highest BCUT2D eigenvalue weighted by Gasteiger charge is 2.28. The summed E-state index contributed by atoms with van der Waals surface area (Å²) >= 11 is 0. The van der Waals surface area contributed by atoms with Crippen molar-refractivity contribution in [2.45, 2.75) is 78.7 Å². The van der Waals surface area contributed by atoms with Crippen molar-refractivity contribution >= 4 is 0 Å². The van der Waals surface area contributed by atoms with Gasteiger partial charge in [0.05, 0.1) is 19.4 Å². The Morgan fingerprint density at radius 3 is 2.11 bits per heavy atom. The van der Waals surface area contributed by atoms with Gasteiger partial charge in [-0.15, -0.1) is 0 Å². The lowest BCUT2D eigenvalue weighted by molar-refractivity contribution is 0.320. The molecular formula is C30H42N2O3. The second-order valence-electron chi connectivity index (χ2n) is 11.2. The van der Waals surface area contributed by atoms with E-state index in [1.807, 2.05) is 12.1 Å². The second kappa shape index (κ2) is 11.3. The van der Waals surface area contributed by atoms with Crippen LogP contribution in [-0.4, -0.2) is 25.2 Å². The molecule has 0 aliphatic rings. The Bertz CT molecular complexity index is 1050. The van der Waals surface area contributed by atoms with Gasteiger partial charge >= 0.3 is 0 Å². The van der Waals surface area contributed by atoms with Crippen molar-refractivity contribution in [3.05, 3.63) is 65.0 Å². The Hall–Kier alpha value is -2.79. The van der Waals surface area contributed by atoms with Crippen molar-refractivity contribution in [2.24, 2.45) is 0 Å². The van der Waals surface area contributed by atoms with Gasteiger partial charge in [0.2, 0.25) is 5.89 Å². The van der Waals surface area contributed by atoms with Crippen molar-refractivity contribution in [1.29, 1.82) is 0 Å². The maximum absolute atomic E-state index is 5.94. The smallest absolute Gasteiger partial charge is 0.226 e. The molecule has 0 bridgehead atoms. The molecular weight excluding hydrogens is 436 g/mol. The average Bonchev–Trinajstić information content (AvgIpc) is 3.27. The molecule has 0 unspecified atom stereocenters. The fourth-order valence-corrected chi connectivity index (χ4v) is 4.03. The van der Waals surface area contributed by atoms with Crippen LogP contribution in [0.1, 0.15) is 77.3 Å². The van der Waals surface area contributed by atoms with Gasteiger partial charge in [-0.1, -0.05) is 60.6 Å². The summed E-state index contributed by atoms with van der Waals surface area (Å²) in [5.41, 5.74) is 5.26. The Labute approximate surface area is 211 Å². The molecule has 2 aromatic carbocycles. The first-order chi connectivity index (χ1) is 16.5. The maximum atomic E-state index is 5.94. The molecule has 3 rings (SSSR count). The SMILES string of the molecule is CCCNCc1ccc(OCCc2coc(-c3cc(C(C)(C)C)c(OC)c(C(C)(C)C)c3)n2)cc1. The van der Waals surface area contributed by atoms with E-state index in [9.17, 15) is 0 Å². The summed E-state index contributed by atoms with van der Waals surface area (Å²) in [7, 11) is 1.75. The van der Waals surface area contributed by atoms with Crippen molar-refractivity contribution < 1.29 is 13.9 Å². The average molecular weight is 479 g/mol. The van der Waals surface area contributed by atoms with Gasteiger partial charge in [0.15, 0.2) is 0 Å². The summed E-state index contributed by atoms with van der Waals surface area (Å²) in [5.74, 6) is 2.44. The molecule has 3 aromatic rings. The molecule has 1 N–H and O–H groups in total. The summed E-state index contributed by atoms with van der Waals surface area (Å²) in [6.45, 7) is 17.8. The first-order valence-corrected chi connectivity index (χ1v) is 12.6. The molecule has 190 valence electrons. The molecule has 5 heteroatoms. The van der Waals surface area contributed by atoms with Crippen LogP contribution in [0.5, 0.6) is 11.5 Å². The number of aromatic nitrogens is 1. The van der Waals surface area contributed by atoms with Crippen molar-refractivity contribution in [1.82, 2.24) is 10.3 Å². The van der Waals surface area contributed by atoms with Crippen LogP contribution >= 0.6 is 0 Å². The fourth-order valence-electron chi connectivity index (χ4n) is 4.03. The third kappa shape index (κ3) is 7.11. The third-order valence-electron chi connectivity index (χ3n) is 6.01. The van der Waals surface area contributed by atoms with Crippen LogP contribution in [0.4, 0.5) is 0 Å². The van der Waals surface area contributed by atoms with Gasteiger partial charge in [0.1, 0.15) is 17.8 Å². The van der Waals surface area contributed by atoms with Crippen molar-refractivity contribution in [3.8, 4) is 23.0 Å². The van der Waals surface area contributed by atoms with E-state index in [0.717, 1.165) is 53.4 Å². The molecule has 0 aliphatic carbocycles. The lowest BCUT2D eigenvalue weighted by Crippen LogP contribution is -2.19. The van der Waals surface area contributed by atoms with Gasteiger partial charge in [0.25, 0.3) is 0 Å². The zero-order valence-corrected chi connectivity index (χ0v) is 22.7. The monoisotopic (exact) mass is 478 g/mol. The summed E-state index contributed by atoms with van der Waals surface area (Å²) in [6, 6.07) is 12.6. The molecule has 35 heavy (non-hydrogen) atoms. The maximum Gasteiger partial charge on any atom is 0.226 e. The standard InChI is InChI=1S/C30H42N2O3/c1-9-15-31-19-21-10-12-24(13-11-21)34-16-14-23-20-35-28(32-23)22-17-25(29(2,3)4)27(33-8)26(18-22)30(5,6)7/h10-13,17-18,20,31H,9,14-16,19H2,1-8H3. The lowest BCUT2D eigenvalue weighted by Gasteiger charge is -2.29. The molecule has 0 spiro atoms. The van der Waals surface area contributed by atoms with Crippen LogP contribution < -0.4 is 14.8 Å². The summed E-state index contributed by atoms with van der Waals surface area (Å²) in [5, 5.41) is 3.41. The van der Waals surface area contributed by atoms with Gasteiger partial charge in [-0.2, -0.15) is 0 Å². The Kier molecular flexibility index (Phi) is 8.65. The first-order valence-electron chi connectivity index (χ1n) is 12.6. The number of nitrogens with one attached hydrogen (secondary N) is 1. The summed E-state index contributed by atoms with van der Waals surface area (Å²) < 4.78 is 17.7. The summed E-state index contributed by atoms with van der Waals surface area (Å²) in [6.07, 6.45) is 3.55. The number of methoxy groups -OCH3 is 1. The second-order valence-corrected chi connectivity index (χ2v) is 11.2. The van der Waals surface area contributed by atoms with Gasteiger partial charge < -0.3 is 19.2 Å². The van der Waals surface area contributed by atoms with E-state index in [0.29, 0.717) is 18.9 Å². The minimum absolute atomic E-state index is 0.0772. The minimum Gasteiger partial charge on any atom is -0.496 e. The van der Waals surface area contributed by atoms with E-state index in [4.69, 9.17) is 18.9 Å². The van der Waals surface area contributed by atoms with E-state index in [1.54, 1.807) is 13.4 Å². The number of rotatable bonds is 10. The Morgan fingerprint density at radius 1 is 0.943 bits per heavy atom. The van der Waals surface area contributed by atoms with Gasteiger partial charge in [-0.3, -0.25) is 0 Å². The van der Waals surface area contributed by atoms with E-state index in [-0.39, 0.29) is 10.8 Å². The lowest BCUT2D eigenvalue weighted by atomic mass is 9.78. The molecule has 5 nitrogen and oxygen atoms in total. The molecule has 0 amide bonds. The largest absolute Gasteiger partial charge is 0.496 e. The number of hydrogen-bond acceptors (Lipinski definition) is 5. The normalized spacial score (nSPS) is 12.1. The highest BCUT2D eigenvalue weighted by molar-refractivity contribution is 5.63. The number of hydrogen-bond donors (Lipinski definition) is 1. The minimum atomic E-state index is -0.0772. The predicted molar refractivity (Wildman–Crippen MR) is 144 cm³/mol. The molecule has 0 atom stereocenters. The van der Waals surface area contributed by atoms with E-state index >= 15 is 0 Å². The van der Waals surface area contributed by atoms with Gasteiger partial charge in [-0.25, -0.2) is 4.98 Å². The van der Waals surface area contributed by atoms with Crippen LogP contribution in [0.15, 0.2) is 47.1 Å². The zero-order chi connectivity index (χ0) is 25.6. The van der Waals surface area contributed by atoms with Crippen LogP contribution in [0.2, 0.25) is 0 Å². The predicted octanol–water partition coefficient (Wildman–Crippen LogP) is 7.07. The molecule has 0 fully saturated rings. The molecule has 1 heterocycles. The number of nitrogens with zero attached hydrogens (tertiary/aromatic N) is 1. The van der Waals surface area contributed by atoms with Gasteiger partial charge in [0, 0.05) is 29.7 Å². The molecule has 0 saturated heterocycles. The van der Waals surface area contributed by atoms with Crippen LogP contribution in [0, 0.1) is 0 Å². The molecule has 1 aromatic heterocycles. The van der Waals surface area contributed by atoms with Crippen molar-refractivity contribution in [2.75, 3.05) is 20.3 Å². The highest BCUT2D eigenvalue weighted by Crippen LogP contribution is 2.42. The van der Waals surface area contributed by atoms with E-state index < -0.39 is 0 Å². The van der Waals surface area contributed by atoms with Crippen LogP contribution in [-0.2, 0) is 23.8 Å². The Morgan fingerprint density at radius 2 is 1.57 bits per heavy atom. The van der Waals surface area contributed by atoms with Crippen LogP contribution in [0.3, 0.4) is 0 Å². The van der Waals surface area contributed by atoms with Gasteiger partial charge in [-0.05, 0) is 53.6 Å². The molecule has 0 radical (unpaired) electrons. The van der Waals surface area contributed by atoms with E-state index in [1.165, 1.54) is 5.56 Å². The van der Waals surface area contributed by atoms with Crippen molar-refractivity contribution in [3.63, 3.8) is 0 Å². The van der Waals surface area contributed by atoms with Crippen LogP contribution in [0.25, 0.3) is 11.5 Å². The highest BCUT2D eigenvalue weighted by atomic mass is 16.5. The molecule has 0 saturated carbocycles. The Balaban J connectivity index is 1.71. The fraction of sp³-hybridized carbons (Fsp3) is 0.500. The topological polar surface area (TPSA) is 56.5 Å². The number of ether oxygens (including phenoxy) is 2. The van der Waals surface area contributed by atoms with E-state index in [2.05, 4.69) is 78.0 Å².